The normalized spacial score (nSPS) is 15.9. The Morgan fingerprint density at radius 2 is 1.52 bits per heavy atom. The van der Waals surface area contributed by atoms with Gasteiger partial charge in [-0.3, -0.25) is 9.59 Å². The molecule has 0 N–H and O–H groups in total. The number of amides is 1. The summed E-state index contributed by atoms with van der Waals surface area (Å²) in [6.07, 6.45) is 0.994. The number of nitrogens with zero attached hydrogens (tertiary/aromatic N) is 2. The van der Waals surface area contributed by atoms with E-state index in [2.05, 4.69) is 45.0 Å². The first kappa shape index (κ1) is 25.1. The second-order valence-corrected chi connectivity index (χ2v) is 11.8. The molecule has 1 saturated heterocycles. The highest BCUT2D eigenvalue weighted by Gasteiger charge is 2.33. The molecule has 7 heteroatoms. The largest absolute Gasteiger partial charge is 0.341 e. The molecule has 1 aliphatic rings. The van der Waals surface area contributed by atoms with Crippen LogP contribution in [0.1, 0.15) is 62.0 Å². The van der Waals surface area contributed by atoms with Gasteiger partial charge in [-0.1, -0.05) is 57.2 Å². The Bertz CT molecular complexity index is 1090. The monoisotopic (exact) mass is 470 g/mol. The molecule has 0 aliphatic carbocycles. The van der Waals surface area contributed by atoms with Crippen molar-refractivity contribution in [2.24, 2.45) is 5.92 Å². The fourth-order valence-electron chi connectivity index (χ4n) is 4.13. The third-order valence-electron chi connectivity index (χ3n) is 6.32. The lowest BCUT2D eigenvalue weighted by atomic mass is 9.86. The fraction of sp³-hybridized carbons (Fsp3) is 0.462. The van der Waals surface area contributed by atoms with Gasteiger partial charge in [0.2, 0.25) is 15.9 Å². The van der Waals surface area contributed by atoms with Crippen LogP contribution in [0.25, 0.3) is 0 Å². The van der Waals surface area contributed by atoms with Crippen LogP contribution in [0.3, 0.4) is 0 Å². The summed E-state index contributed by atoms with van der Waals surface area (Å²) >= 11 is 0. The van der Waals surface area contributed by atoms with E-state index in [0.29, 0.717) is 38.0 Å². The van der Waals surface area contributed by atoms with E-state index in [1.807, 2.05) is 0 Å². The Kier molecular flexibility index (Phi) is 7.44. The number of hydrogen-bond acceptors (Lipinski definition) is 4. The van der Waals surface area contributed by atoms with Crippen LogP contribution in [0.15, 0.2) is 53.4 Å². The third kappa shape index (κ3) is 5.89. The average Bonchev–Trinajstić information content (AvgIpc) is 2.78. The maximum atomic E-state index is 13.0. The molecule has 178 valence electrons. The number of piperidine rings is 1. The Hall–Kier alpha value is -2.51. The summed E-state index contributed by atoms with van der Waals surface area (Å²) in [4.78, 5) is 26.3. The summed E-state index contributed by atoms with van der Waals surface area (Å²) in [6, 6.07) is 14.4. The van der Waals surface area contributed by atoms with Gasteiger partial charge in [0.25, 0.3) is 0 Å². The molecule has 2 aromatic carbocycles. The summed E-state index contributed by atoms with van der Waals surface area (Å²) in [7, 11) is -1.84. The van der Waals surface area contributed by atoms with Gasteiger partial charge in [-0.05, 0) is 48.4 Å². The lowest BCUT2D eigenvalue weighted by Gasteiger charge is -2.32. The highest BCUT2D eigenvalue weighted by Crippen LogP contribution is 2.26. The van der Waals surface area contributed by atoms with Crippen LogP contribution in [0, 0.1) is 5.92 Å². The number of carbonyl (C=O) groups excluding carboxylic acids is 2. The molecule has 1 fully saturated rings. The summed E-state index contributed by atoms with van der Waals surface area (Å²) in [5, 5.41) is 0. The minimum atomic E-state index is -3.64. The summed E-state index contributed by atoms with van der Waals surface area (Å²) < 4.78 is 27.4. The van der Waals surface area contributed by atoms with Crippen molar-refractivity contribution >= 4 is 21.7 Å². The summed E-state index contributed by atoms with van der Waals surface area (Å²) in [5.74, 6) is -0.235. The predicted molar refractivity (Wildman–Crippen MR) is 130 cm³/mol. The van der Waals surface area contributed by atoms with Gasteiger partial charge in [0, 0.05) is 38.2 Å². The van der Waals surface area contributed by atoms with Gasteiger partial charge in [-0.15, -0.1) is 0 Å². The Morgan fingerprint density at radius 1 is 0.970 bits per heavy atom. The van der Waals surface area contributed by atoms with E-state index in [9.17, 15) is 18.0 Å². The van der Waals surface area contributed by atoms with Crippen molar-refractivity contribution in [3.8, 4) is 0 Å². The number of hydrogen-bond donors (Lipinski definition) is 0. The first-order chi connectivity index (χ1) is 15.4. The second-order valence-electron chi connectivity index (χ2n) is 9.90. The van der Waals surface area contributed by atoms with Gasteiger partial charge < -0.3 is 4.90 Å². The van der Waals surface area contributed by atoms with Gasteiger partial charge in [0.15, 0.2) is 5.78 Å². The molecule has 0 unspecified atom stereocenters. The zero-order valence-electron chi connectivity index (χ0n) is 20.2. The molecule has 0 bridgehead atoms. The molecule has 1 heterocycles. The van der Waals surface area contributed by atoms with Gasteiger partial charge in [0.1, 0.15) is 0 Å². The molecule has 1 amide bonds. The summed E-state index contributed by atoms with van der Waals surface area (Å²) in [5.41, 5.74) is 2.90. The fourth-order valence-corrected chi connectivity index (χ4v) is 5.60. The van der Waals surface area contributed by atoms with Crippen LogP contribution in [-0.4, -0.2) is 49.5 Å². The molecule has 0 saturated carbocycles. The lowest BCUT2D eigenvalue weighted by molar-refractivity contribution is -0.135. The average molecular weight is 471 g/mol. The zero-order chi connectivity index (χ0) is 24.4. The van der Waals surface area contributed by atoms with E-state index in [4.69, 9.17) is 0 Å². The topological polar surface area (TPSA) is 74.8 Å². The van der Waals surface area contributed by atoms with Crippen molar-refractivity contribution < 1.29 is 18.0 Å². The molecule has 6 nitrogen and oxygen atoms in total. The van der Waals surface area contributed by atoms with Crippen molar-refractivity contribution in [2.75, 3.05) is 20.1 Å². The molecule has 0 radical (unpaired) electrons. The van der Waals surface area contributed by atoms with Crippen LogP contribution in [0.4, 0.5) is 0 Å². The second kappa shape index (κ2) is 9.77. The molecular formula is C26H34N2O4S. The minimum absolute atomic E-state index is 0.0535. The van der Waals surface area contributed by atoms with E-state index in [1.165, 1.54) is 41.1 Å². The van der Waals surface area contributed by atoms with Crippen LogP contribution in [-0.2, 0) is 26.8 Å². The smallest absolute Gasteiger partial charge is 0.243 e. The van der Waals surface area contributed by atoms with E-state index >= 15 is 0 Å². The number of carbonyl (C=O) groups is 2. The SMILES string of the molecule is CC(=O)c1ccc(S(=O)(=O)N2CCC(C(=O)N(C)Cc3ccc(C(C)(C)C)cc3)CC2)cc1. The molecule has 1 aliphatic heterocycles. The van der Waals surface area contributed by atoms with Gasteiger partial charge in [-0.2, -0.15) is 4.31 Å². The zero-order valence-corrected chi connectivity index (χ0v) is 21.0. The number of Topliss-reactive ketones (excluding diaryl/α,β-unsaturated/α-hetero) is 1. The maximum absolute atomic E-state index is 13.0. The van der Waals surface area contributed by atoms with Crippen LogP contribution in [0.5, 0.6) is 0 Å². The maximum Gasteiger partial charge on any atom is 0.243 e. The lowest BCUT2D eigenvalue weighted by Crippen LogP contribution is -2.43. The van der Waals surface area contributed by atoms with E-state index in [0.717, 1.165) is 5.56 Å². The van der Waals surface area contributed by atoms with E-state index in [-0.39, 0.29) is 27.9 Å². The standard InChI is InChI=1S/C26H34N2O4S/c1-19(29)21-8-12-24(13-9-21)33(31,32)28-16-14-22(15-17-28)25(30)27(5)18-20-6-10-23(11-7-20)26(2,3)4/h6-13,22H,14-18H2,1-5H3. The van der Waals surface area contributed by atoms with Crippen molar-refractivity contribution in [1.29, 1.82) is 0 Å². The Labute approximate surface area is 197 Å². The predicted octanol–water partition coefficient (Wildman–Crippen LogP) is 4.25. The van der Waals surface area contributed by atoms with Crippen molar-refractivity contribution in [2.45, 2.75) is 57.4 Å². The highest BCUT2D eigenvalue weighted by molar-refractivity contribution is 7.89. The van der Waals surface area contributed by atoms with Crippen LogP contribution < -0.4 is 0 Å². The third-order valence-corrected chi connectivity index (χ3v) is 8.23. The molecule has 0 atom stereocenters. The molecule has 3 rings (SSSR count). The number of sulfonamides is 1. The van der Waals surface area contributed by atoms with Crippen LogP contribution in [0.2, 0.25) is 0 Å². The Morgan fingerprint density at radius 3 is 2.00 bits per heavy atom. The quantitative estimate of drug-likeness (QED) is 0.592. The van der Waals surface area contributed by atoms with Crippen molar-refractivity contribution in [3.63, 3.8) is 0 Å². The van der Waals surface area contributed by atoms with E-state index in [1.54, 1.807) is 11.9 Å². The van der Waals surface area contributed by atoms with Gasteiger partial charge in [0.05, 0.1) is 4.90 Å². The number of benzene rings is 2. The van der Waals surface area contributed by atoms with E-state index < -0.39 is 10.0 Å². The highest BCUT2D eigenvalue weighted by atomic mass is 32.2. The minimum Gasteiger partial charge on any atom is -0.341 e. The van der Waals surface area contributed by atoms with Crippen LogP contribution >= 0.6 is 0 Å². The first-order valence-electron chi connectivity index (χ1n) is 11.3. The Balaban J connectivity index is 1.58. The first-order valence-corrected chi connectivity index (χ1v) is 12.8. The van der Waals surface area contributed by atoms with Gasteiger partial charge >= 0.3 is 0 Å². The molecular weight excluding hydrogens is 436 g/mol. The van der Waals surface area contributed by atoms with Crippen molar-refractivity contribution in [3.05, 3.63) is 65.2 Å². The molecule has 0 spiro atoms. The molecule has 33 heavy (non-hydrogen) atoms. The molecule has 2 aromatic rings. The molecule has 0 aromatic heterocycles. The van der Waals surface area contributed by atoms with Crippen molar-refractivity contribution in [1.82, 2.24) is 9.21 Å². The summed E-state index contributed by atoms with van der Waals surface area (Å²) in [6.45, 7) is 9.11. The van der Waals surface area contributed by atoms with Gasteiger partial charge in [-0.25, -0.2) is 8.42 Å². The number of rotatable bonds is 6. The number of ketones is 1.